The lowest BCUT2D eigenvalue weighted by Gasteiger charge is -2.22. The first-order valence-corrected chi connectivity index (χ1v) is 11.3. The highest BCUT2D eigenvalue weighted by atomic mass is 32.2. The molecule has 0 fully saturated rings. The molecule has 1 aromatic heterocycles. The fraction of sp³-hybridized carbons (Fsp3) is 0.550. The molecule has 6 nitrogen and oxygen atoms in total. The molecule has 7 heteroatoms. The highest BCUT2D eigenvalue weighted by Crippen LogP contribution is 2.27. The molecular weight excluding hydrogens is 362 g/mol. The average molecular weight is 394 g/mol. The maximum atomic E-state index is 12.7. The Labute approximate surface area is 162 Å². The van der Waals surface area contributed by atoms with Gasteiger partial charge in [0.2, 0.25) is 15.9 Å². The van der Waals surface area contributed by atoms with E-state index in [1.54, 1.807) is 24.3 Å². The van der Waals surface area contributed by atoms with E-state index in [9.17, 15) is 13.5 Å². The molecule has 0 radical (unpaired) electrons. The van der Waals surface area contributed by atoms with Crippen molar-refractivity contribution in [1.29, 1.82) is 0 Å². The van der Waals surface area contributed by atoms with Gasteiger partial charge in [0.25, 0.3) is 0 Å². The van der Waals surface area contributed by atoms with Crippen LogP contribution in [-0.2, 0) is 10.0 Å². The number of unbranched alkanes of at least 4 members (excludes halogenated alkanes) is 2. The molecule has 0 aliphatic carbocycles. The van der Waals surface area contributed by atoms with Gasteiger partial charge in [0.1, 0.15) is 0 Å². The van der Waals surface area contributed by atoms with Crippen molar-refractivity contribution in [2.24, 2.45) is 0 Å². The van der Waals surface area contributed by atoms with Gasteiger partial charge in [-0.3, -0.25) is 0 Å². The molecule has 27 heavy (non-hydrogen) atoms. The maximum Gasteiger partial charge on any atom is 0.241 e. The van der Waals surface area contributed by atoms with Crippen LogP contribution in [0.15, 0.2) is 35.4 Å². The Hall–Kier alpha value is -1.70. The zero-order valence-corrected chi connectivity index (χ0v) is 17.1. The summed E-state index contributed by atoms with van der Waals surface area (Å²) >= 11 is 0. The number of sulfonamides is 1. The SMILES string of the molecule is CCCCN(CCCC)CCCNS(=O)(=O)c1cccc2c(O)nccc12. The predicted octanol–water partition coefficient (Wildman–Crippen LogP) is 3.51. The van der Waals surface area contributed by atoms with E-state index < -0.39 is 10.0 Å². The number of hydrogen-bond donors (Lipinski definition) is 2. The van der Waals surface area contributed by atoms with Crippen molar-refractivity contribution in [3.63, 3.8) is 0 Å². The molecule has 0 aliphatic heterocycles. The normalized spacial score (nSPS) is 12.1. The summed E-state index contributed by atoms with van der Waals surface area (Å²) in [6.07, 6.45) is 6.85. The number of aromatic hydroxyl groups is 1. The number of aromatic nitrogens is 1. The lowest BCUT2D eigenvalue weighted by atomic mass is 10.2. The van der Waals surface area contributed by atoms with E-state index in [-0.39, 0.29) is 10.8 Å². The second kappa shape index (κ2) is 10.6. The Morgan fingerprint density at radius 2 is 1.67 bits per heavy atom. The molecule has 1 heterocycles. The minimum absolute atomic E-state index is 0.160. The molecular formula is C20H31N3O3S. The monoisotopic (exact) mass is 393 g/mol. The summed E-state index contributed by atoms with van der Waals surface area (Å²) in [5.41, 5.74) is 0. The zero-order chi connectivity index (χ0) is 19.7. The summed E-state index contributed by atoms with van der Waals surface area (Å²) < 4.78 is 28.1. The van der Waals surface area contributed by atoms with Crippen LogP contribution in [0, 0.1) is 0 Å². The Kier molecular flexibility index (Phi) is 8.47. The van der Waals surface area contributed by atoms with Crippen LogP contribution in [-0.4, -0.2) is 49.6 Å². The minimum Gasteiger partial charge on any atom is -0.493 e. The van der Waals surface area contributed by atoms with Gasteiger partial charge in [0, 0.05) is 23.5 Å². The molecule has 2 rings (SSSR count). The smallest absolute Gasteiger partial charge is 0.241 e. The molecule has 0 spiro atoms. The standard InChI is InChI=1S/C20H31N3O3S/c1-3-5-14-23(15-6-4-2)16-8-12-22-27(25,26)19-10-7-9-18-17(19)11-13-21-20(18)24/h7,9-11,13,22H,3-6,8,12,14-16H2,1-2H3,(H,21,24). The van der Waals surface area contributed by atoms with Crippen LogP contribution in [0.3, 0.4) is 0 Å². The van der Waals surface area contributed by atoms with Crippen LogP contribution < -0.4 is 4.72 Å². The van der Waals surface area contributed by atoms with Crippen molar-refractivity contribution in [2.75, 3.05) is 26.2 Å². The number of nitrogens with zero attached hydrogens (tertiary/aromatic N) is 2. The van der Waals surface area contributed by atoms with Crippen molar-refractivity contribution in [2.45, 2.75) is 50.8 Å². The van der Waals surface area contributed by atoms with E-state index in [4.69, 9.17) is 0 Å². The van der Waals surface area contributed by atoms with Crippen LogP contribution in [0.1, 0.15) is 46.0 Å². The zero-order valence-electron chi connectivity index (χ0n) is 16.3. The average Bonchev–Trinajstić information content (AvgIpc) is 2.66. The van der Waals surface area contributed by atoms with E-state index in [1.807, 2.05) is 0 Å². The molecule has 0 bridgehead atoms. The summed E-state index contributed by atoms with van der Waals surface area (Å²) in [5.74, 6) is -0.160. The highest BCUT2D eigenvalue weighted by molar-refractivity contribution is 7.89. The van der Waals surface area contributed by atoms with Crippen LogP contribution in [0.4, 0.5) is 0 Å². The molecule has 2 aromatic rings. The van der Waals surface area contributed by atoms with Crippen molar-refractivity contribution in [1.82, 2.24) is 14.6 Å². The molecule has 150 valence electrons. The number of hydrogen-bond acceptors (Lipinski definition) is 5. The minimum atomic E-state index is -3.64. The summed E-state index contributed by atoms with van der Waals surface area (Å²) in [6.45, 7) is 7.79. The summed E-state index contributed by atoms with van der Waals surface area (Å²) in [6, 6.07) is 6.45. The molecule has 1 aromatic carbocycles. The third kappa shape index (κ3) is 6.16. The van der Waals surface area contributed by atoms with Crippen LogP contribution >= 0.6 is 0 Å². The Morgan fingerprint density at radius 1 is 1.00 bits per heavy atom. The van der Waals surface area contributed by atoms with Crippen molar-refractivity contribution in [3.05, 3.63) is 30.5 Å². The number of pyridine rings is 1. The topological polar surface area (TPSA) is 82.5 Å². The summed E-state index contributed by atoms with van der Waals surface area (Å²) in [4.78, 5) is 6.40. The van der Waals surface area contributed by atoms with Crippen LogP contribution in [0.25, 0.3) is 10.8 Å². The third-order valence-corrected chi connectivity index (χ3v) is 6.15. The van der Waals surface area contributed by atoms with Crippen molar-refractivity contribution in [3.8, 4) is 5.88 Å². The quantitative estimate of drug-likeness (QED) is 0.539. The molecule has 0 saturated heterocycles. The van der Waals surface area contributed by atoms with Gasteiger partial charge < -0.3 is 10.0 Å². The predicted molar refractivity (Wildman–Crippen MR) is 109 cm³/mol. The van der Waals surface area contributed by atoms with E-state index in [0.29, 0.717) is 17.3 Å². The third-order valence-electron chi connectivity index (χ3n) is 4.63. The van der Waals surface area contributed by atoms with Gasteiger partial charge in [-0.05, 0) is 57.1 Å². The van der Waals surface area contributed by atoms with Crippen molar-refractivity contribution >= 4 is 20.8 Å². The number of fused-ring (bicyclic) bond motifs is 1. The number of rotatable bonds is 12. The lowest BCUT2D eigenvalue weighted by molar-refractivity contribution is 0.262. The summed E-state index contributed by atoms with van der Waals surface area (Å²) in [5, 5.41) is 10.8. The Bertz CT molecular complexity index is 816. The van der Waals surface area contributed by atoms with Crippen molar-refractivity contribution < 1.29 is 13.5 Å². The summed E-state index contributed by atoms with van der Waals surface area (Å²) in [7, 11) is -3.64. The second-order valence-corrected chi connectivity index (χ2v) is 8.52. The van der Waals surface area contributed by atoms with E-state index in [1.165, 1.54) is 19.0 Å². The van der Waals surface area contributed by atoms with Gasteiger partial charge in [-0.15, -0.1) is 0 Å². The fourth-order valence-corrected chi connectivity index (χ4v) is 4.38. The molecule has 0 aliphatic rings. The number of benzene rings is 1. The molecule has 0 amide bonds. The number of nitrogens with one attached hydrogen (secondary N) is 1. The second-order valence-electron chi connectivity index (χ2n) is 6.79. The van der Waals surface area contributed by atoms with E-state index in [0.717, 1.165) is 38.9 Å². The van der Waals surface area contributed by atoms with E-state index >= 15 is 0 Å². The van der Waals surface area contributed by atoms with Gasteiger partial charge in [-0.25, -0.2) is 18.1 Å². The van der Waals surface area contributed by atoms with Gasteiger partial charge in [-0.1, -0.05) is 32.8 Å². The first kappa shape index (κ1) is 21.6. The molecule has 2 N–H and O–H groups in total. The lowest BCUT2D eigenvalue weighted by Crippen LogP contribution is -2.31. The largest absolute Gasteiger partial charge is 0.493 e. The maximum absolute atomic E-state index is 12.7. The fourth-order valence-electron chi connectivity index (χ4n) is 3.08. The first-order valence-electron chi connectivity index (χ1n) is 9.78. The Morgan fingerprint density at radius 3 is 2.33 bits per heavy atom. The van der Waals surface area contributed by atoms with Gasteiger partial charge >= 0.3 is 0 Å². The molecule has 0 atom stereocenters. The van der Waals surface area contributed by atoms with Crippen LogP contribution in [0.2, 0.25) is 0 Å². The Balaban J connectivity index is 1.98. The van der Waals surface area contributed by atoms with Crippen LogP contribution in [0.5, 0.6) is 5.88 Å². The van der Waals surface area contributed by atoms with Gasteiger partial charge in [0.05, 0.1) is 4.90 Å². The first-order chi connectivity index (χ1) is 13.0. The highest BCUT2D eigenvalue weighted by Gasteiger charge is 2.18. The van der Waals surface area contributed by atoms with Gasteiger partial charge in [0.15, 0.2) is 0 Å². The van der Waals surface area contributed by atoms with E-state index in [2.05, 4.69) is 28.5 Å². The molecule has 0 unspecified atom stereocenters. The van der Waals surface area contributed by atoms with Gasteiger partial charge in [-0.2, -0.15) is 0 Å². The molecule has 0 saturated carbocycles.